The molecule has 1 fully saturated rings. The fraction of sp³-hybridized carbons (Fsp3) is 0.364. The van der Waals surface area contributed by atoms with Crippen LogP contribution in [0.25, 0.3) is 11.5 Å². The van der Waals surface area contributed by atoms with Gasteiger partial charge < -0.3 is 14.6 Å². The molecule has 0 saturated carbocycles. The van der Waals surface area contributed by atoms with Crippen molar-refractivity contribution in [2.24, 2.45) is 0 Å². The maximum Gasteiger partial charge on any atom is 0.261 e. The minimum atomic E-state index is -0.486. The number of halogens is 1. The summed E-state index contributed by atoms with van der Waals surface area (Å²) in [6.45, 7) is 1.89. The van der Waals surface area contributed by atoms with E-state index in [1.165, 1.54) is 12.3 Å². The molecule has 1 atom stereocenters. The fourth-order valence-electron chi connectivity index (χ4n) is 1.77. The van der Waals surface area contributed by atoms with E-state index in [-0.39, 0.29) is 17.5 Å². The van der Waals surface area contributed by atoms with Crippen molar-refractivity contribution in [2.45, 2.75) is 6.04 Å². The predicted octanol–water partition coefficient (Wildman–Crippen LogP) is 0.932. The second-order valence-electron chi connectivity index (χ2n) is 3.89. The molecule has 94 valence electrons. The van der Waals surface area contributed by atoms with Crippen LogP contribution in [0.1, 0.15) is 11.9 Å². The third-order valence-corrected chi connectivity index (χ3v) is 2.68. The van der Waals surface area contributed by atoms with Crippen LogP contribution in [0.2, 0.25) is 0 Å². The molecular weight excluding hydrogens is 239 g/mol. The SMILES string of the molecule is Fc1cnccc1-c1nc(C2COCCN2)no1. The maximum absolute atomic E-state index is 13.5. The summed E-state index contributed by atoms with van der Waals surface area (Å²) in [6.07, 6.45) is 2.59. The zero-order valence-corrected chi connectivity index (χ0v) is 9.47. The largest absolute Gasteiger partial charge is 0.378 e. The molecule has 0 amide bonds. The third-order valence-electron chi connectivity index (χ3n) is 2.68. The zero-order chi connectivity index (χ0) is 12.4. The minimum Gasteiger partial charge on any atom is -0.378 e. The van der Waals surface area contributed by atoms with Crippen molar-refractivity contribution >= 4 is 0 Å². The molecule has 6 nitrogen and oxygen atoms in total. The van der Waals surface area contributed by atoms with Crippen molar-refractivity contribution in [2.75, 3.05) is 19.8 Å². The zero-order valence-electron chi connectivity index (χ0n) is 9.47. The van der Waals surface area contributed by atoms with Crippen LogP contribution in [0, 0.1) is 5.82 Å². The highest BCUT2D eigenvalue weighted by Crippen LogP contribution is 2.22. The lowest BCUT2D eigenvalue weighted by Crippen LogP contribution is -2.35. The lowest BCUT2D eigenvalue weighted by Gasteiger charge is -2.20. The standard InChI is InChI=1S/C11H11FN4O2/c12-8-5-13-2-1-7(8)11-15-10(16-18-11)9-6-17-4-3-14-9/h1-2,5,9,14H,3-4,6H2. The Hall–Kier alpha value is -1.86. The van der Waals surface area contributed by atoms with Gasteiger partial charge in [-0.1, -0.05) is 5.16 Å². The Balaban J connectivity index is 1.87. The molecule has 0 bridgehead atoms. The van der Waals surface area contributed by atoms with Crippen LogP contribution >= 0.6 is 0 Å². The van der Waals surface area contributed by atoms with Gasteiger partial charge in [0.15, 0.2) is 11.6 Å². The quantitative estimate of drug-likeness (QED) is 0.854. The van der Waals surface area contributed by atoms with E-state index in [1.54, 1.807) is 0 Å². The number of hydrogen-bond donors (Lipinski definition) is 1. The van der Waals surface area contributed by atoms with Crippen molar-refractivity contribution < 1.29 is 13.7 Å². The summed E-state index contributed by atoms with van der Waals surface area (Å²) in [5.41, 5.74) is 0.250. The summed E-state index contributed by atoms with van der Waals surface area (Å²) >= 11 is 0. The molecule has 1 aliphatic heterocycles. The van der Waals surface area contributed by atoms with E-state index < -0.39 is 5.82 Å². The van der Waals surface area contributed by atoms with Crippen molar-refractivity contribution in [3.05, 3.63) is 30.1 Å². The topological polar surface area (TPSA) is 73.1 Å². The summed E-state index contributed by atoms with van der Waals surface area (Å²) in [4.78, 5) is 7.85. The van der Waals surface area contributed by atoms with Crippen LogP contribution < -0.4 is 5.32 Å². The molecule has 0 aliphatic carbocycles. The van der Waals surface area contributed by atoms with E-state index in [0.717, 1.165) is 12.7 Å². The number of ether oxygens (including phenoxy) is 1. The highest BCUT2D eigenvalue weighted by molar-refractivity contribution is 5.52. The molecule has 2 aromatic heterocycles. The number of aromatic nitrogens is 3. The molecular formula is C11H11FN4O2. The smallest absolute Gasteiger partial charge is 0.261 e. The number of morpholine rings is 1. The molecule has 0 radical (unpaired) electrons. The van der Waals surface area contributed by atoms with Gasteiger partial charge >= 0.3 is 0 Å². The van der Waals surface area contributed by atoms with Crippen molar-refractivity contribution in [3.8, 4) is 11.5 Å². The summed E-state index contributed by atoms with van der Waals surface area (Å²) in [5, 5.41) is 7.04. The molecule has 1 N–H and O–H groups in total. The summed E-state index contributed by atoms with van der Waals surface area (Å²) in [7, 11) is 0. The molecule has 3 heterocycles. The van der Waals surface area contributed by atoms with Gasteiger partial charge in [-0.15, -0.1) is 0 Å². The van der Waals surface area contributed by atoms with Crippen molar-refractivity contribution in [3.63, 3.8) is 0 Å². The van der Waals surface area contributed by atoms with E-state index >= 15 is 0 Å². The van der Waals surface area contributed by atoms with Crippen LogP contribution in [-0.2, 0) is 4.74 Å². The van der Waals surface area contributed by atoms with Gasteiger partial charge in [-0.3, -0.25) is 4.98 Å². The second-order valence-corrected chi connectivity index (χ2v) is 3.89. The Morgan fingerprint density at radius 3 is 3.17 bits per heavy atom. The summed E-state index contributed by atoms with van der Waals surface area (Å²) in [5.74, 6) is 0.138. The molecule has 7 heteroatoms. The molecule has 1 aliphatic rings. The van der Waals surface area contributed by atoms with Gasteiger partial charge in [0, 0.05) is 12.7 Å². The number of nitrogens with zero attached hydrogens (tertiary/aromatic N) is 3. The lowest BCUT2D eigenvalue weighted by molar-refractivity contribution is 0.0734. The summed E-state index contributed by atoms with van der Waals surface area (Å²) in [6, 6.07) is 1.39. The van der Waals surface area contributed by atoms with E-state index in [1.807, 2.05) is 0 Å². The van der Waals surface area contributed by atoms with Crippen molar-refractivity contribution in [1.29, 1.82) is 0 Å². The Morgan fingerprint density at radius 2 is 2.39 bits per heavy atom. The second kappa shape index (κ2) is 4.79. The Kier molecular flexibility index (Phi) is 2.99. The average molecular weight is 250 g/mol. The molecule has 1 saturated heterocycles. The van der Waals surface area contributed by atoms with Gasteiger partial charge in [-0.25, -0.2) is 4.39 Å². The first kappa shape index (κ1) is 11.2. The fourth-order valence-corrected chi connectivity index (χ4v) is 1.77. The normalized spacial score (nSPS) is 19.9. The van der Waals surface area contributed by atoms with Crippen LogP contribution in [0.4, 0.5) is 4.39 Å². The lowest BCUT2D eigenvalue weighted by atomic mass is 10.2. The van der Waals surface area contributed by atoms with Gasteiger partial charge in [-0.05, 0) is 6.07 Å². The Bertz CT molecular complexity index is 539. The average Bonchev–Trinajstić information content (AvgIpc) is 2.90. The van der Waals surface area contributed by atoms with Crippen LogP contribution in [0.5, 0.6) is 0 Å². The highest BCUT2D eigenvalue weighted by Gasteiger charge is 2.22. The predicted molar refractivity (Wildman–Crippen MR) is 59.0 cm³/mol. The molecule has 2 aromatic rings. The van der Waals surface area contributed by atoms with Gasteiger partial charge in [0.25, 0.3) is 5.89 Å². The highest BCUT2D eigenvalue weighted by atomic mass is 19.1. The van der Waals surface area contributed by atoms with Crippen LogP contribution in [0.3, 0.4) is 0 Å². The molecule has 3 rings (SSSR count). The molecule has 0 spiro atoms. The Labute approximate surface area is 102 Å². The minimum absolute atomic E-state index is 0.110. The first-order valence-corrected chi connectivity index (χ1v) is 5.59. The number of pyridine rings is 1. The van der Waals surface area contributed by atoms with E-state index in [9.17, 15) is 4.39 Å². The first-order chi connectivity index (χ1) is 8.84. The van der Waals surface area contributed by atoms with Crippen LogP contribution in [0.15, 0.2) is 23.0 Å². The van der Waals surface area contributed by atoms with E-state index in [0.29, 0.717) is 19.0 Å². The van der Waals surface area contributed by atoms with Crippen LogP contribution in [-0.4, -0.2) is 34.9 Å². The molecule has 1 unspecified atom stereocenters. The Morgan fingerprint density at radius 1 is 1.44 bits per heavy atom. The maximum atomic E-state index is 13.5. The van der Waals surface area contributed by atoms with E-state index in [2.05, 4.69) is 20.4 Å². The van der Waals surface area contributed by atoms with Gasteiger partial charge in [-0.2, -0.15) is 4.98 Å². The van der Waals surface area contributed by atoms with Gasteiger partial charge in [0.1, 0.15) is 0 Å². The first-order valence-electron chi connectivity index (χ1n) is 5.59. The molecule has 0 aromatic carbocycles. The third kappa shape index (κ3) is 2.09. The number of nitrogens with one attached hydrogen (secondary N) is 1. The van der Waals surface area contributed by atoms with Gasteiger partial charge in [0.2, 0.25) is 0 Å². The van der Waals surface area contributed by atoms with Gasteiger partial charge in [0.05, 0.1) is 31.0 Å². The number of hydrogen-bond acceptors (Lipinski definition) is 6. The summed E-state index contributed by atoms with van der Waals surface area (Å²) < 4.78 is 23.9. The van der Waals surface area contributed by atoms with E-state index in [4.69, 9.17) is 9.26 Å². The monoisotopic (exact) mass is 250 g/mol. The number of rotatable bonds is 2. The molecule has 18 heavy (non-hydrogen) atoms. The van der Waals surface area contributed by atoms with Crippen molar-refractivity contribution in [1.82, 2.24) is 20.4 Å².